The number of pyridine rings is 1. The molecule has 4 rings (SSSR count). The standard InChI is InChI=1S/C17H14N4O2S/c1-20-16(22)15(24-17(20)23)13-7-12-3-2-11(6-14(12)19-8-13)9-21-5-4-18-10-21/h2-8,10,15H,9H2,1H3. The van der Waals surface area contributed by atoms with Crippen molar-refractivity contribution in [2.45, 2.75) is 11.8 Å². The number of hydrogen-bond acceptors (Lipinski definition) is 5. The number of likely N-dealkylation sites (N-methyl/N-ethyl adjacent to an activating group) is 1. The third-order valence-electron chi connectivity index (χ3n) is 4.04. The van der Waals surface area contributed by atoms with E-state index in [2.05, 4.69) is 9.97 Å². The van der Waals surface area contributed by atoms with E-state index < -0.39 is 5.25 Å². The van der Waals surface area contributed by atoms with Gasteiger partial charge in [-0.3, -0.25) is 19.5 Å². The Balaban J connectivity index is 1.65. The molecule has 1 saturated heterocycles. The highest BCUT2D eigenvalue weighted by Gasteiger charge is 2.38. The summed E-state index contributed by atoms with van der Waals surface area (Å²) in [5.41, 5.74) is 2.76. The summed E-state index contributed by atoms with van der Waals surface area (Å²) in [4.78, 5) is 33.5. The van der Waals surface area contributed by atoms with Crippen LogP contribution in [0.2, 0.25) is 0 Å². The number of rotatable bonds is 3. The molecule has 7 heteroatoms. The summed E-state index contributed by atoms with van der Waals surface area (Å²) >= 11 is 1.04. The molecule has 1 aromatic carbocycles. The van der Waals surface area contributed by atoms with Gasteiger partial charge in [0.1, 0.15) is 5.25 Å². The van der Waals surface area contributed by atoms with Gasteiger partial charge in [-0.2, -0.15) is 0 Å². The van der Waals surface area contributed by atoms with Crippen molar-refractivity contribution in [2.75, 3.05) is 7.05 Å². The monoisotopic (exact) mass is 338 g/mol. The first kappa shape index (κ1) is 14.9. The summed E-state index contributed by atoms with van der Waals surface area (Å²) in [6.45, 7) is 0.732. The van der Waals surface area contributed by atoms with Crippen molar-refractivity contribution in [3.8, 4) is 0 Å². The number of nitrogens with zero attached hydrogens (tertiary/aromatic N) is 4. The molecular formula is C17H14N4O2S. The number of fused-ring (bicyclic) bond motifs is 1. The highest BCUT2D eigenvalue weighted by molar-refractivity contribution is 8.14. The molecule has 0 bridgehead atoms. The number of thioether (sulfide) groups is 1. The van der Waals surface area contributed by atoms with Crippen LogP contribution in [0.15, 0.2) is 49.2 Å². The predicted octanol–water partition coefficient (Wildman–Crippen LogP) is 2.85. The molecule has 1 aliphatic heterocycles. The highest BCUT2D eigenvalue weighted by Crippen LogP contribution is 2.38. The molecule has 0 spiro atoms. The Kier molecular flexibility index (Phi) is 3.57. The number of benzene rings is 1. The van der Waals surface area contributed by atoms with Crippen LogP contribution >= 0.6 is 11.8 Å². The Morgan fingerprint density at radius 2 is 2.12 bits per heavy atom. The SMILES string of the molecule is CN1C(=O)SC(c2cnc3cc(Cn4ccnc4)ccc3c2)C1=O. The van der Waals surface area contributed by atoms with Crippen LogP contribution in [0, 0.1) is 0 Å². The van der Waals surface area contributed by atoms with Gasteiger partial charge in [0, 0.05) is 37.6 Å². The first-order valence-corrected chi connectivity index (χ1v) is 8.32. The quantitative estimate of drug-likeness (QED) is 0.734. The van der Waals surface area contributed by atoms with Gasteiger partial charge in [0.2, 0.25) is 5.91 Å². The lowest BCUT2D eigenvalue weighted by Crippen LogP contribution is -2.24. The minimum Gasteiger partial charge on any atom is -0.333 e. The summed E-state index contributed by atoms with van der Waals surface area (Å²) in [5, 5.41) is 0.239. The van der Waals surface area contributed by atoms with Gasteiger partial charge in [-0.05, 0) is 35.0 Å². The van der Waals surface area contributed by atoms with Crippen LogP contribution in [-0.4, -0.2) is 37.6 Å². The van der Waals surface area contributed by atoms with Crippen molar-refractivity contribution in [3.63, 3.8) is 0 Å². The van der Waals surface area contributed by atoms with Crippen LogP contribution in [-0.2, 0) is 11.3 Å². The van der Waals surface area contributed by atoms with Crippen LogP contribution in [0.4, 0.5) is 4.79 Å². The lowest BCUT2D eigenvalue weighted by Gasteiger charge is -2.09. The fourth-order valence-corrected chi connectivity index (χ4v) is 3.70. The highest BCUT2D eigenvalue weighted by atomic mass is 32.2. The largest absolute Gasteiger partial charge is 0.333 e. The van der Waals surface area contributed by atoms with Gasteiger partial charge in [0.15, 0.2) is 0 Å². The summed E-state index contributed by atoms with van der Waals surface area (Å²) in [7, 11) is 1.51. The van der Waals surface area contributed by atoms with Crippen LogP contribution in [0.1, 0.15) is 16.4 Å². The molecule has 120 valence electrons. The molecule has 6 nitrogen and oxygen atoms in total. The molecule has 1 fully saturated rings. The van der Waals surface area contributed by atoms with Gasteiger partial charge in [0.05, 0.1) is 11.8 Å². The third kappa shape index (κ3) is 2.56. The zero-order chi connectivity index (χ0) is 16.7. The Morgan fingerprint density at radius 3 is 2.83 bits per heavy atom. The summed E-state index contributed by atoms with van der Waals surface area (Å²) in [6, 6.07) is 7.99. The second kappa shape index (κ2) is 5.76. The maximum atomic E-state index is 12.1. The average Bonchev–Trinajstić information content (AvgIpc) is 3.18. The zero-order valence-corrected chi connectivity index (χ0v) is 13.7. The molecule has 0 N–H and O–H groups in total. The summed E-state index contributed by atoms with van der Waals surface area (Å²) < 4.78 is 1.99. The van der Waals surface area contributed by atoms with Crippen molar-refractivity contribution < 1.29 is 9.59 Å². The number of aromatic nitrogens is 3. The number of hydrogen-bond donors (Lipinski definition) is 0. The summed E-state index contributed by atoms with van der Waals surface area (Å²) in [5.74, 6) is -0.192. The number of amides is 2. The molecule has 0 radical (unpaired) electrons. The molecule has 2 amide bonds. The molecule has 2 aromatic heterocycles. The Morgan fingerprint density at radius 1 is 1.25 bits per heavy atom. The molecule has 3 heterocycles. The molecule has 3 aromatic rings. The fourth-order valence-electron chi connectivity index (χ4n) is 2.72. The number of carbonyl (C=O) groups is 2. The van der Waals surface area contributed by atoms with Gasteiger partial charge in [-0.1, -0.05) is 12.1 Å². The second-order valence-corrected chi connectivity index (χ2v) is 6.75. The lowest BCUT2D eigenvalue weighted by molar-refractivity contribution is -0.125. The number of carbonyl (C=O) groups excluding carboxylic acids is 2. The normalized spacial score (nSPS) is 17.9. The van der Waals surface area contributed by atoms with Gasteiger partial charge >= 0.3 is 0 Å². The fraction of sp³-hybridized carbons (Fsp3) is 0.176. The first-order chi connectivity index (χ1) is 11.6. The number of imide groups is 1. The van der Waals surface area contributed by atoms with E-state index in [0.717, 1.165) is 45.2 Å². The molecule has 0 aliphatic carbocycles. The number of imidazole rings is 1. The zero-order valence-electron chi connectivity index (χ0n) is 12.9. The lowest BCUT2D eigenvalue weighted by atomic mass is 10.1. The van der Waals surface area contributed by atoms with Crippen molar-refractivity contribution in [3.05, 3.63) is 60.3 Å². The van der Waals surface area contributed by atoms with Crippen LogP contribution < -0.4 is 0 Å². The van der Waals surface area contributed by atoms with Crippen molar-refractivity contribution in [1.29, 1.82) is 0 Å². The van der Waals surface area contributed by atoms with Gasteiger partial charge in [0.25, 0.3) is 5.24 Å². The smallest absolute Gasteiger partial charge is 0.289 e. The van der Waals surface area contributed by atoms with Crippen molar-refractivity contribution in [1.82, 2.24) is 19.4 Å². The van der Waals surface area contributed by atoms with E-state index in [1.807, 2.05) is 35.0 Å². The topological polar surface area (TPSA) is 68.1 Å². The van der Waals surface area contributed by atoms with E-state index in [9.17, 15) is 9.59 Å². The Hall–Kier alpha value is -2.67. The predicted molar refractivity (Wildman–Crippen MR) is 91.6 cm³/mol. The van der Waals surface area contributed by atoms with E-state index in [-0.39, 0.29) is 11.1 Å². The molecule has 24 heavy (non-hydrogen) atoms. The van der Waals surface area contributed by atoms with Crippen LogP contribution in [0.3, 0.4) is 0 Å². The Bertz CT molecular complexity index is 939. The van der Waals surface area contributed by atoms with Crippen molar-refractivity contribution >= 4 is 33.8 Å². The maximum Gasteiger partial charge on any atom is 0.289 e. The first-order valence-electron chi connectivity index (χ1n) is 7.44. The molecule has 1 unspecified atom stereocenters. The molecule has 0 saturated carbocycles. The van der Waals surface area contributed by atoms with Gasteiger partial charge in [-0.15, -0.1) is 0 Å². The van der Waals surface area contributed by atoms with Gasteiger partial charge < -0.3 is 4.57 Å². The van der Waals surface area contributed by atoms with Crippen LogP contribution in [0.5, 0.6) is 0 Å². The van der Waals surface area contributed by atoms with Crippen molar-refractivity contribution in [2.24, 2.45) is 0 Å². The van der Waals surface area contributed by atoms with E-state index in [4.69, 9.17) is 0 Å². The van der Waals surface area contributed by atoms with Gasteiger partial charge in [-0.25, -0.2) is 4.98 Å². The van der Waals surface area contributed by atoms with E-state index in [1.54, 1.807) is 18.7 Å². The van der Waals surface area contributed by atoms with Crippen LogP contribution in [0.25, 0.3) is 10.9 Å². The van der Waals surface area contributed by atoms with E-state index in [0.29, 0.717) is 0 Å². The average molecular weight is 338 g/mol. The maximum absolute atomic E-state index is 12.1. The van der Waals surface area contributed by atoms with E-state index >= 15 is 0 Å². The molecule has 1 aliphatic rings. The minimum absolute atomic E-state index is 0.192. The molecule has 1 atom stereocenters. The summed E-state index contributed by atoms with van der Waals surface area (Å²) in [6.07, 6.45) is 7.12. The Labute approximate surface area is 142 Å². The van der Waals surface area contributed by atoms with E-state index in [1.165, 1.54) is 7.05 Å². The molecular weight excluding hydrogens is 324 g/mol. The third-order valence-corrected chi connectivity index (χ3v) is 5.23. The minimum atomic E-state index is -0.495. The second-order valence-electron chi connectivity index (χ2n) is 5.69.